The summed E-state index contributed by atoms with van der Waals surface area (Å²) in [4.78, 5) is 6.45. The maximum absolute atomic E-state index is 9.96. The molecule has 1 aliphatic heterocycles. The highest BCUT2D eigenvalue weighted by atomic mass is 32.1. The Morgan fingerprint density at radius 2 is 2.32 bits per heavy atom. The molecule has 2 rings (SSSR count). The highest BCUT2D eigenvalue weighted by Crippen LogP contribution is 2.11. The molecular formula is C11H20N4O3S. The monoisotopic (exact) mass is 288 g/mol. The van der Waals surface area contributed by atoms with E-state index in [0.29, 0.717) is 30.7 Å². The van der Waals surface area contributed by atoms with Crippen molar-refractivity contribution < 1.29 is 14.6 Å². The lowest BCUT2D eigenvalue weighted by Crippen LogP contribution is -2.42. The van der Waals surface area contributed by atoms with Gasteiger partial charge >= 0.3 is 0 Å². The van der Waals surface area contributed by atoms with E-state index in [2.05, 4.69) is 19.6 Å². The molecule has 1 fully saturated rings. The molecule has 0 bridgehead atoms. The van der Waals surface area contributed by atoms with Gasteiger partial charge in [-0.25, -0.2) is 4.98 Å². The third kappa shape index (κ3) is 5.00. The molecule has 108 valence electrons. The van der Waals surface area contributed by atoms with Crippen molar-refractivity contribution in [2.24, 2.45) is 0 Å². The summed E-state index contributed by atoms with van der Waals surface area (Å²) in [6.07, 6.45) is -0.423. The van der Waals surface area contributed by atoms with Crippen LogP contribution in [0.3, 0.4) is 0 Å². The first kappa shape index (κ1) is 14.6. The summed E-state index contributed by atoms with van der Waals surface area (Å²) in [5.74, 6) is 0.665. The fourth-order valence-electron chi connectivity index (χ4n) is 1.86. The minimum Gasteiger partial charge on any atom is -0.390 e. The molecule has 1 aromatic rings. The summed E-state index contributed by atoms with van der Waals surface area (Å²) in [6, 6.07) is 0. The highest BCUT2D eigenvalue weighted by molar-refractivity contribution is 7.09. The van der Waals surface area contributed by atoms with Crippen LogP contribution in [0.15, 0.2) is 0 Å². The Balaban J connectivity index is 1.68. The molecule has 0 radical (unpaired) electrons. The van der Waals surface area contributed by atoms with Gasteiger partial charge in [0.2, 0.25) is 5.13 Å². The highest BCUT2D eigenvalue weighted by Gasteiger charge is 2.15. The molecule has 0 saturated carbocycles. The summed E-state index contributed by atoms with van der Waals surface area (Å²) in [7, 11) is 1.61. The molecule has 1 saturated heterocycles. The zero-order chi connectivity index (χ0) is 13.5. The second kappa shape index (κ2) is 7.71. The van der Waals surface area contributed by atoms with Crippen LogP contribution < -0.4 is 5.32 Å². The Bertz CT molecular complexity index is 371. The van der Waals surface area contributed by atoms with Crippen LogP contribution >= 0.6 is 11.5 Å². The van der Waals surface area contributed by atoms with Crippen molar-refractivity contribution in [3.63, 3.8) is 0 Å². The molecule has 0 aromatic carbocycles. The number of morpholine rings is 1. The summed E-state index contributed by atoms with van der Waals surface area (Å²) in [6.45, 7) is 4.79. The molecule has 7 nitrogen and oxygen atoms in total. The molecule has 1 aliphatic rings. The maximum Gasteiger partial charge on any atom is 0.202 e. The van der Waals surface area contributed by atoms with Crippen LogP contribution in [0.2, 0.25) is 0 Å². The summed E-state index contributed by atoms with van der Waals surface area (Å²) in [5.41, 5.74) is 0. The Labute approximate surface area is 116 Å². The van der Waals surface area contributed by atoms with Gasteiger partial charge in [-0.05, 0) is 0 Å². The van der Waals surface area contributed by atoms with E-state index in [0.717, 1.165) is 26.3 Å². The molecule has 0 amide bonds. The molecule has 19 heavy (non-hydrogen) atoms. The number of rotatable bonds is 7. The van der Waals surface area contributed by atoms with Crippen LogP contribution in [0.25, 0.3) is 0 Å². The topological polar surface area (TPSA) is 79.7 Å². The molecular weight excluding hydrogens is 268 g/mol. The molecule has 1 atom stereocenters. The number of aromatic nitrogens is 2. The fraction of sp³-hybridized carbons (Fsp3) is 0.818. The fourth-order valence-corrected chi connectivity index (χ4v) is 2.44. The lowest BCUT2D eigenvalue weighted by atomic mass is 10.3. The number of β-amino-alcohol motifs (C(OH)–C–C–N with tert-alkyl or cyclic N) is 1. The zero-order valence-electron chi connectivity index (χ0n) is 11.0. The van der Waals surface area contributed by atoms with Gasteiger partial charge in [0.05, 0.1) is 19.3 Å². The number of nitrogens with one attached hydrogen (secondary N) is 1. The van der Waals surface area contributed by atoms with E-state index in [9.17, 15) is 5.11 Å². The summed E-state index contributed by atoms with van der Waals surface area (Å²) < 4.78 is 14.4. The number of ether oxygens (including phenoxy) is 2. The smallest absolute Gasteiger partial charge is 0.202 e. The average Bonchev–Trinajstić information content (AvgIpc) is 2.86. The number of hydrogen-bond acceptors (Lipinski definition) is 8. The van der Waals surface area contributed by atoms with E-state index < -0.39 is 6.10 Å². The molecule has 1 aromatic heterocycles. The Kier molecular flexibility index (Phi) is 5.93. The van der Waals surface area contributed by atoms with Gasteiger partial charge in [-0.1, -0.05) is 0 Å². The number of aliphatic hydroxyl groups excluding tert-OH is 1. The van der Waals surface area contributed by atoms with E-state index in [1.807, 2.05) is 0 Å². The number of nitrogens with zero attached hydrogens (tertiary/aromatic N) is 3. The number of anilines is 1. The largest absolute Gasteiger partial charge is 0.390 e. The first-order chi connectivity index (χ1) is 9.28. The minimum atomic E-state index is -0.423. The molecule has 1 unspecified atom stereocenters. The van der Waals surface area contributed by atoms with Gasteiger partial charge in [0.1, 0.15) is 6.61 Å². The molecule has 2 N–H and O–H groups in total. The summed E-state index contributed by atoms with van der Waals surface area (Å²) >= 11 is 1.28. The average molecular weight is 288 g/mol. The van der Waals surface area contributed by atoms with Crippen LogP contribution in [0, 0.1) is 0 Å². The van der Waals surface area contributed by atoms with Crippen LogP contribution in [-0.4, -0.2) is 72.0 Å². The van der Waals surface area contributed by atoms with Gasteiger partial charge in [-0.15, -0.1) is 0 Å². The second-order valence-electron chi connectivity index (χ2n) is 4.40. The third-order valence-electron chi connectivity index (χ3n) is 2.80. The van der Waals surface area contributed by atoms with Gasteiger partial charge in [0.25, 0.3) is 0 Å². The quantitative estimate of drug-likeness (QED) is 0.718. The lowest BCUT2D eigenvalue weighted by molar-refractivity contribution is 0.0171. The van der Waals surface area contributed by atoms with Gasteiger partial charge < -0.3 is 19.9 Å². The Hall–Kier alpha value is -0.800. The molecule has 0 spiro atoms. The van der Waals surface area contributed by atoms with Crippen molar-refractivity contribution in [3.05, 3.63) is 5.82 Å². The van der Waals surface area contributed by atoms with Crippen molar-refractivity contribution in [3.8, 4) is 0 Å². The SMILES string of the molecule is COCc1nsc(NCC(O)CN2CCOCC2)n1. The number of methoxy groups -OCH3 is 1. The molecule has 2 heterocycles. The predicted molar refractivity (Wildman–Crippen MR) is 72.4 cm³/mol. The van der Waals surface area contributed by atoms with Crippen LogP contribution in [0.4, 0.5) is 5.13 Å². The van der Waals surface area contributed by atoms with E-state index in [4.69, 9.17) is 9.47 Å². The van der Waals surface area contributed by atoms with Crippen LogP contribution in [0.5, 0.6) is 0 Å². The number of aliphatic hydroxyl groups is 1. The maximum atomic E-state index is 9.96. The summed E-state index contributed by atoms with van der Waals surface area (Å²) in [5, 5.41) is 13.8. The van der Waals surface area contributed by atoms with E-state index >= 15 is 0 Å². The zero-order valence-corrected chi connectivity index (χ0v) is 11.9. The van der Waals surface area contributed by atoms with Gasteiger partial charge in [-0.3, -0.25) is 4.90 Å². The predicted octanol–water partition coefficient (Wildman–Crippen LogP) is -0.210. The standard InChI is InChI=1S/C11H20N4O3S/c1-17-8-10-13-11(19-14-10)12-6-9(16)7-15-2-4-18-5-3-15/h9,16H,2-8H2,1H3,(H,12,13,14). The van der Waals surface area contributed by atoms with Gasteiger partial charge in [0, 0.05) is 44.8 Å². The van der Waals surface area contributed by atoms with E-state index in [1.165, 1.54) is 11.5 Å². The lowest BCUT2D eigenvalue weighted by Gasteiger charge is -2.28. The first-order valence-corrected chi connectivity index (χ1v) is 7.09. The number of hydrogen-bond donors (Lipinski definition) is 2. The van der Waals surface area contributed by atoms with Crippen LogP contribution in [-0.2, 0) is 16.1 Å². The molecule has 0 aliphatic carbocycles. The van der Waals surface area contributed by atoms with Gasteiger partial charge in [-0.2, -0.15) is 4.37 Å². The normalized spacial score (nSPS) is 18.4. The van der Waals surface area contributed by atoms with Crippen molar-refractivity contribution >= 4 is 16.7 Å². The molecule has 8 heteroatoms. The van der Waals surface area contributed by atoms with E-state index in [1.54, 1.807) is 7.11 Å². The Morgan fingerprint density at radius 1 is 1.53 bits per heavy atom. The Morgan fingerprint density at radius 3 is 3.05 bits per heavy atom. The van der Waals surface area contributed by atoms with Crippen molar-refractivity contribution in [1.82, 2.24) is 14.3 Å². The van der Waals surface area contributed by atoms with Crippen molar-refractivity contribution in [2.45, 2.75) is 12.7 Å². The minimum absolute atomic E-state index is 0.411. The third-order valence-corrected chi connectivity index (χ3v) is 3.51. The van der Waals surface area contributed by atoms with Crippen molar-refractivity contribution in [2.75, 3.05) is 51.8 Å². The first-order valence-electron chi connectivity index (χ1n) is 6.31. The van der Waals surface area contributed by atoms with Gasteiger partial charge in [0.15, 0.2) is 5.82 Å². The van der Waals surface area contributed by atoms with Crippen LogP contribution in [0.1, 0.15) is 5.82 Å². The van der Waals surface area contributed by atoms with Crippen molar-refractivity contribution in [1.29, 1.82) is 0 Å². The van der Waals surface area contributed by atoms with E-state index in [-0.39, 0.29) is 0 Å². The second-order valence-corrected chi connectivity index (χ2v) is 5.15.